The van der Waals surface area contributed by atoms with Crippen LogP contribution in [0.15, 0.2) is 65.1 Å². The summed E-state index contributed by atoms with van der Waals surface area (Å²) in [7, 11) is 0. The first-order chi connectivity index (χ1) is 14.5. The van der Waals surface area contributed by atoms with Gasteiger partial charge in [-0.15, -0.1) is 21.5 Å². The number of hydrogen-bond acceptors (Lipinski definition) is 5. The monoisotopic (exact) mass is 474 g/mol. The number of aromatic nitrogens is 3. The number of rotatable bonds is 6. The summed E-state index contributed by atoms with van der Waals surface area (Å²) in [4.78, 5) is 13.5. The molecule has 4 aromatic rings. The largest absolute Gasteiger partial charge is 0.325 e. The molecule has 1 amide bonds. The average Bonchev–Trinajstić information content (AvgIpc) is 3.39. The minimum absolute atomic E-state index is 0.145. The van der Waals surface area contributed by atoms with E-state index in [4.69, 9.17) is 23.2 Å². The third-order valence-corrected chi connectivity index (χ3v) is 6.55. The summed E-state index contributed by atoms with van der Waals surface area (Å²) >= 11 is 15.0. The van der Waals surface area contributed by atoms with Gasteiger partial charge in [0.15, 0.2) is 11.0 Å². The molecule has 2 aromatic heterocycles. The van der Waals surface area contributed by atoms with Gasteiger partial charge < -0.3 is 5.32 Å². The first-order valence-electron chi connectivity index (χ1n) is 8.95. The molecule has 1 N–H and O–H groups in total. The molecule has 0 fully saturated rings. The van der Waals surface area contributed by atoms with Crippen LogP contribution in [0, 0.1) is 6.92 Å². The van der Waals surface area contributed by atoms with Gasteiger partial charge in [0.2, 0.25) is 5.91 Å². The predicted octanol–water partition coefficient (Wildman–Crippen LogP) is 6.34. The number of amides is 1. The van der Waals surface area contributed by atoms with Crippen LogP contribution in [0.5, 0.6) is 0 Å². The number of nitrogens with zero attached hydrogens (tertiary/aromatic N) is 3. The van der Waals surface area contributed by atoms with E-state index in [9.17, 15) is 4.79 Å². The molecule has 0 bridgehead atoms. The lowest BCUT2D eigenvalue weighted by molar-refractivity contribution is -0.113. The Morgan fingerprint density at radius 1 is 1.10 bits per heavy atom. The molecule has 0 aliphatic rings. The molecule has 30 heavy (non-hydrogen) atoms. The van der Waals surface area contributed by atoms with E-state index in [2.05, 4.69) is 15.5 Å². The van der Waals surface area contributed by atoms with Crippen molar-refractivity contribution in [3.63, 3.8) is 0 Å². The van der Waals surface area contributed by atoms with Gasteiger partial charge in [-0.1, -0.05) is 47.1 Å². The van der Waals surface area contributed by atoms with Gasteiger partial charge in [-0.05, 0) is 60.3 Å². The molecule has 2 aromatic carbocycles. The third-order valence-electron chi connectivity index (χ3n) is 4.27. The Bertz CT molecular complexity index is 1170. The van der Waals surface area contributed by atoms with Crippen molar-refractivity contribution in [2.75, 3.05) is 11.1 Å². The molecule has 9 heteroatoms. The maximum atomic E-state index is 12.5. The van der Waals surface area contributed by atoms with E-state index in [1.807, 2.05) is 59.3 Å². The molecule has 0 saturated heterocycles. The van der Waals surface area contributed by atoms with E-state index in [0.717, 1.165) is 22.0 Å². The Hall–Kier alpha value is -2.32. The Kier molecular flexibility index (Phi) is 6.43. The van der Waals surface area contributed by atoms with Gasteiger partial charge in [0, 0.05) is 21.4 Å². The van der Waals surface area contributed by atoms with E-state index in [1.165, 1.54) is 11.8 Å². The van der Waals surface area contributed by atoms with Crippen LogP contribution in [-0.2, 0) is 4.79 Å². The summed E-state index contributed by atoms with van der Waals surface area (Å²) < 4.78 is 1.94. The predicted molar refractivity (Wildman–Crippen MR) is 125 cm³/mol. The minimum Gasteiger partial charge on any atom is -0.325 e. The lowest BCUT2D eigenvalue weighted by Gasteiger charge is -2.11. The van der Waals surface area contributed by atoms with Crippen molar-refractivity contribution in [2.24, 2.45) is 0 Å². The quantitative estimate of drug-likeness (QED) is 0.331. The number of nitrogens with one attached hydrogen (secondary N) is 1. The van der Waals surface area contributed by atoms with Crippen LogP contribution in [0.3, 0.4) is 0 Å². The molecule has 0 atom stereocenters. The second-order valence-corrected chi connectivity index (χ2v) is 9.15. The minimum atomic E-state index is -0.145. The van der Waals surface area contributed by atoms with Gasteiger partial charge in [-0.25, -0.2) is 0 Å². The highest BCUT2D eigenvalue weighted by Crippen LogP contribution is 2.31. The lowest BCUT2D eigenvalue weighted by atomic mass is 10.2. The fourth-order valence-corrected chi connectivity index (χ4v) is 4.55. The van der Waals surface area contributed by atoms with Gasteiger partial charge in [0.05, 0.1) is 10.6 Å². The Morgan fingerprint density at radius 2 is 1.87 bits per heavy atom. The van der Waals surface area contributed by atoms with E-state index in [-0.39, 0.29) is 11.7 Å². The van der Waals surface area contributed by atoms with Crippen molar-refractivity contribution in [2.45, 2.75) is 12.1 Å². The van der Waals surface area contributed by atoms with Gasteiger partial charge in [-0.3, -0.25) is 9.36 Å². The Balaban J connectivity index is 1.57. The molecule has 0 aliphatic carbocycles. The number of aryl methyl sites for hydroxylation is 1. The number of carbonyl (C=O) groups is 1. The molecule has 0 spiro atoms. The summed E-state index contributed by atoms with van der Waals surface area (Å²) in [6.45, 7) is 1.92. The number of benzene rings is 2. The van der Waals surface area contributed by atoms with Crippen molar-refractivity contribution in [1.29, 1.82) is 0 Å². The fraction of sp³-hybridized carbons (Fsp3) is 0.0952. The highest BCUT2D eigenvalue weighted by molar-refractivity contribution is 7.99. The number of carbonyl (C=O) groups excluding carboxylic acids is 1. The number of thiophene rings is 1. The van der Waals surface area contributed by atoms with Crippen LogP contribution in [0.4, 0.5) is 5.69 Å². The van der Waals surface area contributed by atoms with E-state index < -0.39 is 0 Å². The van der Waals surface area contributed by atoms with Gasteiger partial charge >= 0.3 is 0 Å². The summed E-state index contributed by atoms with van der Waals surface area (Å²) in [6.07, 6.45) is 0. The molecule has 0 unspecified atom stereocenters. The normalized spacial score (nSPS) is 10.9. The average molecular weight is 475 g/mol. The topological polar surface area (TPSA) is 59.8 Å². The standard InChI is InChI=1S/C21H16Cl2N4OS2/c1-13-4-5-15(23)11-17(13)24-19(28)12-30-21-26-25-20(18-3-2-10-29-18)27(21)16-8-6-14(22)7-9-16/h2-11H,12H2,1H3,(H,24,28). The zero-order valence-corrected chi connectivity index (χ0v) is 18.9. The molecule has 152 valence electrons. The molecule has 5 nitrogen and oxygen atoms in total. The lowest BCUT2D eigenvalue weighted by Crippen LogP contribution is -2.15. The summed E-state index contributed by atoms with van der Waals surface area (Å²) in [5.41, 5.74) is 2.52. The van der Waals surface area contributed by atoms with Crippen LogP contribution >= 0.6 is 46.3 Å². The second kappa shape index (κ2) is 9.22. The SMILES string of the molecule is Cc1ccc(Cl)cc1NC(=O)CSc1nnc(-c2cccs2)n1-c1ccc(Cl)cc1. The smallest absolute Gasteiger partial charge is 0.234 e. The van der Waals surface area contributed by atoms with E-state index in [1.54, 1.807) is 23.5 Å². The van der Waals surface area contributed by atoms with Crippen molar-refractivity contribution < 1.29 is 4.79 Å². The molecular weight excluding hydrogens is 459 g/mol. The van der Waals surface area contributed by atoms with Crippen LogP contribution < -0.4 is 5.32 Å². The van der Waals surface area contributed by atoms with E-state index in [0.29, 0.717) is 20.9 Å². The van der Waals surface area contributed by atoms with Gasteiger partial charge in [0.1, 0.15) is 0 Å². The number of thioether (sulfide) groups is 1. The van der Waals surface area contributed by atoms with Crippen LogP contribution in [-0.4, -0.2) is 26.4 Å². The maximum absolute atomic E-state index is 12.5. The van der Waals surface area contributed by atoms with E-state index >= 15 is 0 Å². The molecule has 2 heterocycles. The molecule has 0 saturated carbocycles. The highest BCUT2D eigenvalue weighted by atomic mass is 35.5. The van der Waals surface area contributed by atoms with Gasteiger partial charge in [-0.2, -0.15) is 0 Å². The van der Waals surface area contributed by atoms with Gasteiger partial charge in [0.25, 0.3) is 0 Å². The summed E-state index contributed by atoms with van der Waals surface area (Å²) in [6, 6.07) is 16.8. The second-order valence-electron chi connectivity index (χ2n) is 6.39. The molecular formula is C21H16Cl2N4OS2. The molecule has 4 rings (SSSR count). The molecule has 0 aliphatic heterocycles. The summed E-state index contributed by atoms with van der Waals surface area (Å²) in [5, 5.41) is 15.4. The van der Waals surface area contributed by atoms with Crippen LogP contribution in [0.2, 0.25) is 10.0 Å². The highest BCUT2D eigenvalue weighted by Gasteiger charge is 2.18. The number of halogens is 2. The van der Waals surface area contributed by atoms with Crippen molar-refractivity contribution in [3.8, 4) is 16.4 Å². The molecule has 0 radical (unpaired) electrons. The Labute approximate surface area is 192 Å². The Morgan fingerprint density at radius 3 is 2.60 bits per heavy atom. The van der Waals surface area contributed by atoms with Crippen molar-refractivity contribution in [3.05, 3.63) is 75.6 Å². The maximum Gasteiger partial charge on any atom is 0.234 e. The zero-order valence-electron chi connectivity index (χ0n) is 15.8. The number of anilines is 1. The summed E-state index contributed by atoms with van der Waals surface area (Å²) in [5.74, 6) is 0.761. The van der Waals surface area contributed by atoms with Crippen molar-refractivity contribution in [1.82, 2.24) is 14.8 Å². The fourth-order valence-electron chi connectivity index (χ4n) is 2.80. The van der Waals surface area contributed by atoms with Crippen LogP contribution in [0.25, 0.3) is 16.4 Å². The van der Waals surface area contributed by atoms with Crippen LogP contribution in [0.1, 0.15) is 5.56 Å². The first-order valence-corrected chi connectivity index (χ1v) is 11.6. The first kappa shape index (κ1) is 20.9. The third kappa shape index (κ3) is 4.70. The number of hydrogen-bond donors (Lipinski definition) is 1. The van der Waals surface area contributed by atoms with Crippen molar-refractivity contribution >= 4 is 57.9 Å². The zero-order chi connectivity index (χ0) is 21.1.